The monoisotopic (exact) mass is 320 g/mol. The summed E-state index contributed by atoms with van der Waals surface area (Å²) in [7, 11) is 0. The molecule has 2 aromatic carbocycles. The van der Waals surface area contributed by atoms with Crippen molar-refractivity contribution < 1.29 is 9.90 Å². The zero-order chi connectivity index (χ0) is 17.0. The van der Waals surface area contributed by atoms with Crippen LogP contribution >= 0.6 is 0 Å². The lowest BCUT2D eigenvalue weighted by Crippen LogP contribution is -2.33. The number of amides is 1. The number of rotatable bonds is 6. The molecule has 1 aliphatic rings. The molecule has 1 unspecified atom stereocenters. The second-order valence-electron chi connectivity index (χ2n) is 6.32. The summed E-state index contributed by atoms with van der Waals surface area (Å²) in [5.74, 6) is -0.213. The lowest BCUT2D eigenvalue weighted by Gasteiger charge is -2.12. The molecule has 122 valence electrons. The van der Waals surface area contributed by atoms with Gasteiger partial charge < -0.3 is 10.4 Å². The Bertz CT molecular complexity index is 743. The SMILES string of the molecule is N#CC1(c2ccc(C(=O)NCC(O)Cc3ccccc3)cc2)CC1. The predicted molar refractivity (Wildman–Crippen MR) is 91.5 cm³/mol. The number of carbonyl (C=O) groups is 1. The Morgan fingerprint density at radius 3 is 2.42 bits per heavy atom. The summed E-state index contributed by atoms with van der Waals surface area (Å²) in [5.41, 5.74) is 2.22. The fourth-order valence-corrected chi connectivity index (χ4v) is 2.80. The maximum Gasteiger partial charge on any atom is 0.251 e. The van der Waals surface area contributed by atoms with Crippen LogP contribution in [0.3, 0.4) is 0 Å². The minimum atomic E-state index is -0.621. The van der Waals surface area contributed by atoms with Crippen LogP contribution in [-0.2, 0) is 11.8 Å². The predicted octanol–water partition coefficient (Wildman–Crippen LogP) is 2.58. The van der Waals surface area contributed by atoms with E-state index in [1.165, 1.54) is 0 Å². The van der Waals surface area contributed by atoms with Gasteiger partial charge in [0.15, 0.2) is 0 Å². The molecule has 1 saturated carbocycles. The topological polar surface area (TPSA) is 73.1 Å². The van der Waals surface area contributed by atoms with Crippen LogP contribution in [0.25, 0.3) is 0 Å². The number of hydrogen-bond donors (Lipinski definition) is 2. The third-order valence-electron chi connectivity index (χ3n) is 4.48. The minimum Gasteiger partial charge on any atom is -0.391 e. The van der Waals surface area contributed by atoms with E-state index in [9.17, 15) is 15.2 Å². The highest BCUT2D eigenvalue weighted by atomic mass is 16.3. The Hall–Kier alpha value is -2.64. The summed E-state index contributed by atoms with van der Waals surface area (Å²) < 4.78 is 0. The number of nitriles is 1. The van der Waals surface area contributed by atoms with E-state index in [4.69, 9.17) is 0 Å². The van der Waals surface area contributed by atoms with Crippen LogP contribution < -0.4 is 5.32 Å². The summed E-state index contributed by atoms with van der Waals surface area (Å²) in [5, 5.41) is 22.0. The molecule has 0 aliphatic heterocycles. The van der Waals surface area contributed by atoms with E-state index in [2.05, 4.69) is 11.4 Å². The van der Waals surface area contributed by atoms with Crippen LogP contribution in [0, 0.1) is 11.3 Å². The van der Waals surface area contributed by atoms with Gasteiger partial charge in [0.25, 0.3) is 5.91 Å². The van der Waals surface area contributed by atoms with Crippen molar-refractivity contribution in [2.45, 2.75) is 30.8 Å². The van der Waals surface area contributed by atoms with E-state index in [0.29, 0.717) is 12.0 Å². The number of carbonyl (C=O) groups excluding carboxylic acids is 1. The molecule has 2 N–H and O–H groups in total. The molecule has 2 aromatic rings. The second kappa shape index (κ2) is 6.86. The molecule has 1 atom stereocenters. The Morgan fingerprint density at radius 2 is 1.83 bits per heavy atom. The largest absolute Gasteiger partial charge is 0.391 e. The van der Waals surface area contributed by atoms with Gasteiger partial charge in [0.05, 0.1) is 17.6 Å². The minimum absolute atomic E-state index is 0.206. The average molecular weight is 320 g/mol. The smallest absolute Gasteiger partial charge is 0.251 e. The molecule has 1 aliphatic carbocycles. The quantitative estimate of drug-likeness (QED) is 0.859. The van der Waals surface area contributed by atoms with Gasteiger partial charge in [0, 0.05) is 18.5 Å². The Kier molecular flexibility index (Phi) is 4.64. The number of aliphatic hydroxyl groups excluding tert-OH is 1. The molecule has 1 fully saturated rings. The number of benzene rings is 2. The van der Waals surface area contributed by atoms with Crippen LogP contribution in [0.4, 0.5) is 0 Å². The van der Waals surface area contributed by atoms with Gasteiger partial charge in [-0.2, -0.15) is 5.26 Å². The molecular formula is C20H20N2O2. The highest BCUT2D eigenvalue weighted by Crippen LogP contribution is 2.47. The molecule has 0 heterocycles. The fraction of sp³-hybridized carbons (Fsp3) is 0.300. The van der Waals surface area contributed by atoms with Gasteiger partial charge in [-0.15, -0.1) is 0 Å². The van der Waals surface area contributed by atoms with Gasteiger partial charge in [-0.05, 0) is 36.1 Å². The standard InChI is InChI=1S/C20H20N2O2/c21-14-20(10-11-20)17-8-6-16(7-9-17)19(24)22-13-18(23)12-15-4-2-1-3-5-15/h1-9,18,23H,10-13H2,(H,22,24). The number of aliphatic hydroxyl groups is 1. The molecule has 0 aromatic heterocycles. The Morgan fingerprint density at radius 1 is 1.17 bits per heavy atom. The third kappa shape index (κ3) is 3.64. The summed E-state index contributed by atoms with van der Waals surface area (Å²) in [6.45, 7) is 0.206. The van der Waals surface area contributed by atoms with Crippen molar-refractivity contribution in [1.82, 2.24) is 5.32 Å². The van der Waals surface area contributed by atoms with Crippen LogP contribution in [0.1, 0.15) is 34.3 Å². The molecule has 0 spiro atoms. The van der Waals surface area contributed by atoms with E-state index in [1.807, 2.05) is 42.5 Å². The summed E-state index contributed by atoms with van der Waals surface area (Å²) in [6, 6.07) is 19.2. The van der Waals surface area contributed by atoms with Gasteiger partial charge in [0.2, 0.25) is 0 Å². The van der Waals surface area contributed by atoms with Gasteiger partial charge in [-0.1, -0.05) is 42.5 Å². The normalized spacial score (nSPS) is 16.0. The van der Waals surface area contributed by atoms with E-state index in [-0.39, 0.29) is 17.9 Å². The molecule has 0 saturated heterocycles. The van der Waals surface area contributed by atoms with Crippen LogP contribution in [0.2, 0.25) is 0 Å². The van der Waals surface area contributed by atoms with E-state index < -0.39 is 6.10 Å². The van der Waals surface area contributed by atoms with Crippen molar-refractivity contribution in [3.8, 4) is 6.07 Å². The lowest BCUT2D eigenvalue weighted by molar-refractivity contribution is 0.0916. The Labute approximate surface area is 141 Å². The second-order valence-corrected chi connectivity index (χ2v) is 6.32. The summed E-state index contributed by atoms with van der Waals surface area (Å²) >= 11 is 0. The molecule has 0 bridgehead atoms. The molecule has 1 amide bonds. The van der Waals surface area contributed by atoms with Crippen molar-refractivity contribution in [1.29, 1.82) is 5.26 Å². The third-order valence-corrected chi connectivity index (χ3v) is 4.48. The first-order valence-corrected chi connectivity index (χ1v) is 8.15. The van der Waals surface area contributed by atoms with Crippen molar-refractivity contribution >= 4 is 5.91 Å². The highest BCUT2D eigenvalue weighted by Gasteiger charge is 2.44. The van der Waals surface area contributed by atoms with Gasteiger partial charge >= 0.3 is 0 Å². The highest BCUT2D eigenvalue weighted by molar-refractivity contribution is 5.94. The van der Waals surface area contributed by atoms with Crippen LogP contribution in [0.5, 0.6) is 0 Å². The number of hydrogen-bond acceptors (Lipinski definition) is 3. The number of nitrogens with zero attached hydrogens (tertiary/aromatic N) is 1. The van der Waals surface area contributed by atoms with Crippen molar-refractivity contribution in [2.24, 2.45) is 0 Å². The molecular weight excluding hydrogens is 300 g/mol. The average Bonchev–Trinajstić information content (AvgIpc) is 3.42. The van der Waals surface area contributed by atoms with Gasteiger partial charge in [-0.3, -0.25) is 4.79 Å². The molecule has 3 rings (SSSR count). The van der Waals surface area contributed by atoms with E-state index in [0.717, 1.165) is 24.0 Å². The number of nitrogens with one attached hydrogen (secondary N) is 1. The maximum absolute atomic E-state index is 12.2. The maximum atomic E-state index is 12.2. The molecule has 0 radical (unpaired) electrons. The van der Waals surface area contributed by atoms with E-state index >= 15 is 0 Å². The first kappa shape index (κ1) is 16.2. The van der Waals surface area contributed by atoms with Crippen molar-refractivity contribution in [2.75, 3.05) is 6.54 Å². The van der Waals surface area contributed by atoms with Gasteiger partial charge in [0.1, 0.15) is 0 Å². The van der Waals surface area contributed by atoms with Crippen molar-refractivity contribution in [3.63, 3.8) is 0 Å². The zero-order valence-electron chi connectivity index (χ0n) is 13.4. The Balaban J connectivity index is 1.52. The molecule has 4 heteroatoms. The van der Waals surface area contributed by atoms with Crippen LogP contribution in [0.15, 0.2) is 54.6 Å². The molecule has 4 nitrogen and oxygen atoms in total. The molecule has 24 heavy (non-hydrogen) atoms. The van der Waals surface area contributed by atoms with Gasteiger partial charge in [-0.25, -0.2) is 0 Å². The zero-order valence-corrected chi connectivity index (χ0v) is 13.4. The first-order valence-electron chi connectivity index (χ1n) is 8.15. The lowest BCUT2D eigenvalue weighted by atomic mass is 9.96. The summed E-state index contributed by atoms with van der Waals surface area (Å²) in [6.07, 6.45) is 1.66. The van der Waals surface area contributed by atoms with E-state index in [1.54, 1.807) is 12.1 Å². The van der Waals surface area contributed by atoms with Crippen molar-refractivity contribution in [3.05, 3.63) is 71.3 Å². The van der Waals surface area contributed by atoms with Crippen LogP contribution in [-0.4, -0.2) is 23.7 Å². The fourth-order valence-electron chi connectivity index (χ4n) is 2.80. The first-order chi connectivity index (χ1) is 11.6. The summed E-state index contributed by atoms with van der Waals surface area (Å²) in [4.78, 5) is 12.2.